The van der Waals surface area contributed by atoms with E-state index in [9.17, 15) is 4.79 Å². The summed E-state index contributed by atoms with van der Waals surface area (Å²) in [6.45, 7) is 6.42. The summed E-state index contributed by atoms with van der Waals surface area (Å²) in [5, 5.41) is 2.69. The monoisotopic (exact) mass is 184 g/mol. The van der Waals surface area contributed by atoms with E-state index in [1.165, 1.54) is 0 Å². The van der Waals surface area contributed by atoms with Crippen molar-refractivity contribution in [2.45, 2.75) is 6.42 Å². The van der Waals surface area contributed by atoms with Crippen molar-refractivity contribution in [2.75, 3.05) is 26.7 Å². The number of likely N-dealkylation sites (tertiary alicyclic amines) is 1. The molecular formula is C9H16N2O2. The van der Waals surface area contributed by atoms with E-state index in [1.54, 1.807) is 7.11 Å². The number of carbonyl (C=O) groups is 1. The van der Waals surface area contributed by atoms with Crippen LogP contribution in [0.4, 0.5) is 0 Å². The molecule has 1 unspecified atom stereocenters. The number of carbonyl (C=O) groups excluding carboxylic acids is 1. The highest BCUT2D eigenvalue weighted by atomic mass is 16.5. The molecule has 1 rings (SSSR count). The van der Waals surface area contributed by atoms with Gasteiger partial charge in [0.05, 0.1) is 7.11 Å². The lowest BCUT2D eigenvalue weighted by Gasteiger charge is -2.19. The molecule has 0 bridgehead atoms. The Hall–Kier alpha value is -1.19. The van der Waals surface area contributed by atoms with Crippen LogP contribution in [-0.2, 0) is 9.53 Å². The zero-order chi connectivity index (χ0) is 9.68. The quantitative estimate of drug-likeness (QED) is 0.489. The van der Waals surface area contributed by atoms with E-state index in [0.717, 1.165) is 32.5 Å². The summed E-state index contributed by atoms with van der Waals surface area (Å²) in [7, 11) is 1.62. The predicted octanol–water partition coefficient (Wildman–Crippen LogP) is 0.172. The number of ether oxygens (including phenoxy) is 1. The van der Waals surface area contributed by atoms with Crippen molar-refractivity contribution in [3.63, 3.8) is 0 Å². The van der Waals surface area contributed by atoms with Gasteiger partial charge in [0.15, 0.2) is 5.88 Å². The molecule has 1 aliphatic heterocycles. The molecule has 1 fully saturated rings. The van der Waals surface area contributed by atoms with Gasteiger partial charge in [0.2, 0.25) is 6.41 Å². The van der Waals surface area contributed by atoms with Crippen LogP contribution in [0.5, 0.6) is 0 Å². The summed E-state index contributed by atoms with van der Waals surface area (Å²) >= 11 is 0. The maximum atomic E-state index is 10.1. The van der Waals surface area contributed by atoms with Crippen LogP contribution in [0.3, 0.4) is 0 Å². The van der Waals surface area contributed by atoms with Gasteiger partial charge < -0.3 is 15.0 Å². The second kappa shape index (κ2) is 4.74. The fraction of sp³-hybridized carbons (Fsp3) is 0.667. The lowest BCUT2D eigenvalue weighted by molar-refractivity contribution is -0.109. The van der Waals surface area contributed by atoms with Crippen molar-refractivity contribution in [3.8, 4) is 0 Å². The largest absolute Gasteiger partial charge is 0.483 e. The van der Waals surface area contributed by atoms with Gasteiger partial charge in [0.1, 0.15) is 0 Å². The Morgan fingerprint density at radius 2 is 2.62 bits per heavy atom. The maximum Gasteiger partial charge on any atom is 0.207 e. The number of hydrogen-bond acceptors (Lipinski definition) is 3. The van der Waals surface area contributed by atoms with Gasteiger partial charge in [0, 0.05) is 19.6 Å². The third kappa shape index (κ3) is 2.65. The molecule has 1 amide bonds. The van der Waals surface area contributed by atoms with Gasteiger partial charge in [-0.3, -0.25) is 4.79 Å². The molecule has 1 saturated heterocycles. The molecule has 4 heteroatoms. The van der Waals surface area contributed by atoms with Crippen LogP contribution in [-0.4, -0.2) is 38.1 Å². The lowest BCUT2D eigenvalue weighted by Crippen LogP contribution is -2.25. The Labute approximate surface area is 78.5 Å². The van der Waals surface area contributed by atoms with Crippen molar-refractivity contribution >= 4 is 6.41 Å². The molecule has 1 N–H and O–H groups in total. The van der Waals surface area contributed by atoms with Crippen LogP contribution in [0.15, 0.2) is 12.5 Å². The smallest absolute Gasteiger partial charge is 0.207 e. The summed E-state index contributed by atoms with van der Waals surface area (Å²) in [6, 6.07) is 0. The van der Waals surface area contributed by atoms with Gasteiger partial charge in [-0.05, 0) is 18.9 Å². The molecule has 1 aliphatic rings. The van der Waals surface area contributed by atoms with Gasteiger partial charge in [-0.25, -0.2) is 0 Å². The van der Waals surface area contributed by atoms with E-state index in [4.69, 9.17) is 4.74 Å². The van der Waals surface area contributed by atoms with Gasteiger partial charge in [-0.2, -0.15) is 0 Å². The molecule has 4 nitrogen and oxygen atoms in total. The molecule has 1 heterocycles. The predicted molar refractivity (Wildman–Crippen MR) is 49.9 cm³/mol. The molecule has 0 saturated carbocycles. The third-order valence-electron chi connectivity index (χ3n) is 2.36. The summed E-state index contributed by atoms with van der Waals surface area (Å²) in [6.07, 6.45) is 1.83. The molecule has 0 spiro atoms. The van der Waals surface area contributed by atoms with E-state index >= 15 is 0 Å². The first-order valence-electron chi connectivity index (χ1n) is 4.42. The highest BCUT2D eigenvalue weighted by Crippen LogP contribution is 2.18. The second-order valence-electron chi connectivity index (χ2n) is 3.22. The number of nitrogens with one attached hydrogen (secondary N) is 1. The Balaban J connectivity index is 2.27. The minimum absolute atomic E-state index is 0.525. The van der Waals surface area contributed by atoms with Crippen molar-refractivity contribution in [3.05, 3.63) is 12.5 Å². The molecular weight excluding hydrogens is 168 g/mol. The van der Waals surface area contributed by atoms with Crippen LogP contribution in [0.1, 0.15) is 6.42 Å². The van der Waals surface area contributed by atoms with Crippen LogP contribution in [0, 0.1) is 5.92 Å². The molecule has 0 aliphatic carbocycles. The Morgan fingerprint density at radius 3 is 3.23 bits per heavy atom. The molecule has 0 aromatic rings. The second-order valence-corrected chi connectivity index (χ2v) is 3.22. The van der Waals surface area contributed by atoms with E-state index in [0.29, 0.717) is 11.8 Å². The first kappa shape index (κ1) is 9.89. The van der Waals surface area contributed by atoms with Gasteiger partial charge in [-0.1, -0.05) is 0 Å². The Kier molecular flexibility index (Phi) is 3.61. The Morgan fingerprint density at radius 1 is 1.85 bits per heavy atom. The van der Waals surface area contributed by atoms with Crippen LogP contribution >= 0.6 is 0 Å². The van der Waals surface area contributed by atoms with Crippen LogP contribution in [0.25, 0.3) is 0 Å². The van der Waals surface area contributed by atoms with Crippen molar-refractivity contribution in [2.24, 2.45) is 5.92 Å². The number of hydrogen-bond donors (Lipinski definition) is 1. The minimum Gasteiger partial charge on any atom is -0.483 e. The number of rotatable bonds is 5. The first-order chi connectivity index (χ1) is 6.27. The zero-order valence-electron chi connectivity index (χ0n) is 7.95. The molecule has 13 heavy (non-hydrogen) atoms. The number of nitrogens with zero attached hydrogens (tertiary/aromatic N) is 1. The van der Waals surface area contributed by atoms with E-state index in [1.807, 2.05) is 0 Å². The molecule has 0 aromatic carbocycles. The fourth-order valence-electron chi connectivity index (χ4n) is 1.57. The standard InChI is InChI=1S/C9H16N2O2/c1-8(13-2)11-4-3-9(6-11)5-10-7-12/h7,9H,1,3-6H2,2H3,(H,10,12). The minimum atomic E-state index is 0.525. The fourth-order valence-corrected chi connectivity index (χ4v) is 1.57. The van der Waals surface area contributed by atoms with E-state index in [-0.39, 0.29) is 0 Å². The van der Waals surface area contributed by atoms with E-state index in [2.05, 4.69) is 16.8 Å². The molecule has 0 aromatic heterocycles. The highest BCUT2D eigenvalue weighted by Gasteiger charge is 2.23. The maximum absolute atomic E-state index is 10.1. The van der Waals surface area contributed by atoms with Crippen molar-refractivity contribution in [1.82, 2.24) is 10.2 Å². The third-order valence-corrected chi connectivity index (χ3v) is 2.36. The van der Waals surface area contributed by atoms with Crippen LogP contribution in [0.2, 0.25) is 0 Å². The average molecular weight is 184 g/mol. The Bertz CT molecular complexity index is 194. The van der Waals surface area contributed by atoms with Crippen LogP contribution < -0.4 is 5.32 Å². The average Bonchev–Trinajstić information content (AvgIpc) is 2.62. The normalized spacial score (nSPS) is 21.3. The molecule has 1 atom stereocenters. The van der Waals surface area contributed by atoms with E-state index < -0.39 is 0 Å². The molecule has 74 valence electrons. The van der Waals surface area contributed by atoms with Crippen molar-refractivity contribution in [1.29, 1.82) is 0 Å². The highest BCUT2D eigenvalue weighted by molar-refractivity contribution is 5.45. The zero-order valence-corrected chi connectivity index (χ0v) is 7.95. The molecule has 0 radical (unpaired) electrons. The first-order valence-corrected chi connectivity index (χ1v) is 4.42. The summed E-state index contributed by atoms with van der Waals surface area (Å²) in [5.41, 5.74) is 0. The van der Waals surface area contributed by atoms with Crippen molar-refractivity contribution < 1.29 is 9.53 Å². The SMILES string of the molecule is C=C(OC)N1CCC(CNC=O)C1. The number of amides is 1. The van der Waals surface area contributed by atoms with Gasteiger partial charge in [-0.15, -0.1) is 0 Å². The van der Waals surface area contributed by atoms with Gasteiger partial charge in [0.25, 0.3) is 0 Å². The lowest BCUT2D eigenvalue weighted by atomic mass is 10.1. The van der Waals surface area contributed by atoms with Gasteiger partial charge >= 0.3 is 0 Å². The summed E-state index contributed by atoms with van der Waals surface area (Å²) in [5.74, 6) is 1.24. The summed E-state index contributed by atoms with van der Waals surface area (Å²) in [4.78, 5) is 12.2. The summed E-state index contributed by atoms with van der Waals surface area (Å²) < 4.78 is 5.03. The topological polar surface area (TPSA) is 41.6 Å². The number of methoxy groups -OCH3 is 1.